The maximum Gasteiger partial charge on any atom is 0.205 e. The molecule has 0 radical (unpaired) electrons. The molecular weight excluding hydrogens is 208 g/mol. The van der Waals surface area contributed by atoms with Gasteiger partial charge in [-0.2, -0.15) is 0 Å². The Morgan fingerprint density at radius 3 is 3.07 bits per heavy atom. The van der Waals surface area contributed by atoms with Gasteiger partial charge in [-0.3, -0.25) is 0 Å². The summed E-state index contributed by atoms with van der Waals surface area (Å²) < 4.78 is 0. The number of hydrogen-bond donors (Lipinski definition) is 2. The van der Waals surface area contributed by atoms with E-state index in [4.69, 9.17) is 0 Å². The Morgan fingerprint density at radius 1 is 1.60 bits per heavy atom. The van der Waals surface area contributed by atoms with E-state index in [1.165, 1.54) is 25.8 Å². The lowest BCUT2D eigenvalue weighted by molar-refractivity contribution is 0.523. The number of rotatable bonds is 4. The first-order chi connectivity index (χ1) is 7.24. The van der Waals surface area contributed by atoms with Gasteiger partial charge in [-0.25, -0.2) is 0 Å². The van der Waals surface area contributed by atoms with Crippen molar-refractivity contribution in [1.82, 2.24) is 15.5 Å². The average Bonchev–Trinajstić information content (AvgIpc) is 2.77. The highest BCUT2D eigenvalue weighted by Gasteiger charge is 2.17. The zero-order valence-corrected chi connectivity index (χ0v) is 10.1. The summed E-state index contributed by atoms with van der Waals surface area (Å²) in [4.78, 5) is 0. The van der Waals surface area contributed by atoms with Gasteiger partial charge in [-0.1, -0.05) is 11.3 Å². The fourth-order valence-corrected chi connectivity index (χ4v) is 2.71. The van der Waals surface area contributed by atoms with Crippen LogP contribution in [0.15, 0.2) is 0 Å². The minimum atomic E-state index is 0.466. The number of aromatic nitrogens is 2. The van der Waals surface area contributed by atoms with Crippen molar-refractivity contribution < 1.29 is 0 Å². The van der Waals surface area contributed by atoms with Gasteiger partial charge in [0, 0.05) is 12.1 Å². The molecular formula is C10H18N4S. The Kier molecular flexibility index (Phi) is 3.53. The van der Waals surface area contributed by atoms with Crippen LogP contribution in [0.4, 0.5) is 5.13 Å². The molecule has 15 heavy (non-hydrogen) atoms. The van der Waals surface area contributed by atoms with E-state index in [2.05, 4.69) is 27.8 Å². The Balaban J connectivity index is 1.78. The number of anilines is 1. The van der Waals surface area contributed by atoms with E-state index in [1.807, 2.05) is 6.92 Å². The summed E-state index contributed by atoms with van der Waals surface area (Å²) in [7, 11) is 0. The van der Waals surface area contributed by atoms with Crippen LogP contribution in [0, 0.1) is 6.92 Å². The Morgan fingerprint density at radius 2 is 2.47 bits per heavy atom. The molecule has 5 heteroatoms. The predicted molar refractivity (Wildman–Crippen MR) is 63.4 cm³/mol. The van der Waals surface area contributed by atoms with Crippen LogP contribution in [-0.4, -0.2) is 28.8 Å². The van der Waals surface area contributed by atoms with Gasteiger partial charge in [-0.05, 0) is 39.7 Å². The lowest BCUT2D eigenvalue weighted by atomic mass is 10.1. The smallest absolute Gasteiger partial charge is 0.205 e. The van der Waals surface area contributed by atoms with Crippen molar-refractivity contribution >= 4 is 16.5 Å². The molecule has 2 atom stereocenters. The quantitative estimate of drug-likeness (QED) is 0.822. The van der Waals surface area contributed by atoms with Gasteiger partial charge in [0.15, 0.2) is 0 Å². The average molecular weight is 226 g/mol. The lowest BCUT2D eigenvalue weighted by Crippen LogP contribution is -2.29. The van der Waals surface area contributed by atoms with Crippen molar-refractivity contribution in [2.75, 3.05) is 11.9 Å². The Labute approximate surface area is 94.5 Å². The standard InChI is InChI=1S/C10H18N4S/c1-7(6-9-4-3-5-11-9)12-10-14-13-8(2)15-10/h7,9,11H,3-6H2,1-2H3,(H,12,14). The summed E-state index contributed by atoms with van der Waals surface area (Å²) in [5.74, 6) is 0. The summed E-state index contributed by atoms with van der Waals surface area (Å²) in [5, 5.41) is 16.9. The third kappa shape index (κ3) is 3.14. The van der Waals surface area contributed by atoms with Crippen LogP contribution in [0.3, 0.4) is 0 Å². The molecule has 0 aliphatic carbocycles. The first kappa shape index (κ1) is 10.8. The molecule has 1 aliphatic heterocycles. The van der Waals surface area contributed by atoms with Crippen LogP contribution < -0.4 is 10.6 Å². The Hall–Kier alpha value is -0.680. The number of nitrogens with one attached hydrogen (secondary N) is 2. The number of aryl methyl sites for hydroxylation is 1. The monoisotopic (exact) mass is 226 g/mol. The molecule has 1 fully saturated rings. The summed E-state index contributed by atoms with van der Waals surface area (Å²) in [6.45, 7) is 5.36. The lowest BCUT2D eigenvalue weighted by Gasteiger charge is -2.17. The van der Waals surface area contributed by atoms with Crippen LogP contribution in [0.25, 0.3) is 0 Å². The minimum absolute atomic E-state index is 0.466. The minimum Gasteiger partial charge on any atom is -0.358 e. The maximum absolute atomic E-state index is 4.07. The van der Waals surface area contributed by atoms with Crippen LogP contribution in [0.5, 0.6) is 0 Å². The molecule has 0 spiro atoms. The summed E-state index contributed by atoms with van der Waals surface area (Å²) in [6, 6.07) is 1.15. The molecule has 1 aromatic rings. The molecule has 0 aromatic carbocycles. The Bertz CT molecular complexity index is 306. The maximum atomic E-state index is 4.07. The van der Waals surface area contributed by atoms with Crippen LogP contribution in [0.2, 0.25) is 0 Å². The van der Waals surface area contributed by atoms with E-state index in [9.17, 15) is 0 Å². The SMILES string of the molecule is Cc1nnc(NC(C)CC2CCCN2)s1. The van der Waals surface area contributed by atoms with Gasteiger partial charge in [-0.15, -0.1) is 10.2 Å². The van der Waals surface area contributed by atoms with E-state index in [0.717, 1.165) is 10.1 Å². The molecule has 2 N–H and O–H groups in total. The molecule has 84 valence electrons. The van der Waals surface area contributed by atoms with Crippen molar-refractivity contribution in [3.05, 3.63) is 5.01 Å². The van der Waals surface area contributed by atoms with E-state index in [0.29, 0.717) is 12.1 Å². The van der Waals surface area contributed by atoms with Crippen LogP contribution >= 0.6 is 11.3 Å². The van der Waals surface area contributed by atoms with Crippen molar-refractivity contribution in [3.63, 3.8) is 0 Å². The molecule has 2 unspecified atom stereocenters. The van der Waals surface area contributed by atoms with Crippen molar-refractivity contribution in [3.8, 4) is 0 Å². The zero-order chi connectivity index (χ0) is 10.7. The third-order valence-electron chi connectivity index (χ3n) is 2.70. The number of hydrogen-bond acceptors (Lipinski definition) is 5. The van der Waals surface area contributed by atoms with Crippen LogP contribution in [-0.2, 0) is 0 Å². The zero-order valence-electron chi connectivity index (χ0n) is 9.29. The van der Waals surface area contributed by atoms with Gasteiger partial charge < -0.3 is 10.6 Å². The largest absolute Gasteiger partial charge is 0.358 e. The van der Waals surface area contributed by atoms with Gasteiger partial charge in [0.1, 0.15) is 5.01 Å². The van der Waals surface area contributed by atoms with Crippen molar-refractivity contribution in [2.45, 2.75) is 45.2 Å². The molecule has 1 aromatic heterocycles. The van der Waals surface area contributed by atoms with E-state index in [1.54, 1.807) is 11.3 Å². The molecule has 1 saturated heterocycles. The van der Waals surface area contributed by atoms with E-state index in [-0.39, 0.29) is 0 Å². The fourth-order valence-electron chi connectivity index (χ4n) is 2.01. The highest BCUT2D eigenvalue weighted by molar-refractivity contribution is 7.15. The first-order valence-electron chi connectivity index (χ1n) is 5.54. The van der Waals surface area contributed by atoms with E-state index >= 15 is 0 Å². The second-order valence-corrected chi connectivity index (χ2v) is 5.38. The highest BCUT2D eigenvalue weighted by Crippen LogP contribution is 2.17. The molecule has 1 aliphatic rings. The first-order valence-corrected chi connectivity index (χ1v) is 6.35. The van der Waals surface area contributed by atoms with E-state index < -0.39 is 0 Å². The van der Waals surface area contributed by atoms with Gasteiger partial charge in [0.25, 0.3) is 0 Å². The summed E-state index contributed by atoms with van der Waals surface area (Å²) >= 11 is 1.62. The topological polar surface area (TPSA) is 49.8 Å². The van der Waals surface area contributed by atoms with Gasteiger partial charge in [0.05, 0.1) is 0 Å². The third-order valence-corrected chi connectivity index (χ3v) is 3.47. The highest BCUT2D eigenvalue weighted by atomic mass is 32.1. The molecule has 0 amide bonds. The van der Waals surface area contributed by atoms with Gasteiger partial charge in [0.2, 0.25) is 5.13 Å². The normalized spacial score (nSPS) is 22.9. The molecule has 2 rings (SSSR count). The second kappa shape index (κ2) is 4.90. The second-order valence-electron chi connectivity index (χ2n) is 4.20. The number of nitrogens with zero attached hydrogens (tertiary/aromatic N) is 2. The summed E-state index contributed by atoms with van der Waals surface area (Å²) in [6.07, 6.45) is 3.79. The molecule has 0 saturated carbocycles. The molecule has 2 heterocycles. The molecule has 4 nitrogen and oxygen atoms in total. The predicted octanol–water partition coefficient (Wildman–Crippen LogP) is 1.79. The molecule has 0 bridgehead atoms. The fraction of sp³-hybridized carbons (Fsp3) is 0.800. The van der Waals surface area contributed by atoms with Crippen molar-refractivity contribution in [2.24, 2.45) is 0 Å². The van der Waals surface area contributed by atoms with Gasteiger partial charge >= 0.3 is 0 Å². The van der Waals surface area contributed by atoms with Crippen molar-refractivity contribution in [1.29, 1.82) is 0 Å². The van der Waals surface area contributed by atoms with Crippen LogP contribution in [0.1, 0.15) is 31.2 Å². The summed E-state index contributed by atoms with van der Waals surface area (Å²) in [5.41, 5.74) is 0.